The van der Waals surface area contributed by atoms with Crippen molar-refractivity contribution in [3.63, 3.8) is 0 Å². The fraction of sp³-hybridized carbons (Fsp3) is 0.909. The summed E-state index contributed by atoms with van der Waals surface area (Å²) >= 11 is 0. The first-order chi connectivity index (χ1) is 7.18. The molecular weight excluding hydrogens is 192 g/mol. The van der Waals surface area contributed by atoms with Gasteiger partial charge < -0.3 is 10.4 Å². The number of carboxylic acid groups (broad SMARTS) is 1. The van der Waals surface area contributed by atoms with Gasteiger partial charge in [-0.2, -0.15) is 0 Å². The lowest BCUT2D eigenvalue weighted by molar-refractivity contribution is -0.143. The van der Waals surface area contributed by atoms with E-state index in [0.29, 0.717) is 6.54 Å². The molecule has 0 amide bonds. The Bertz CT molecular complexity index is 237. The van der Waals surface area contributed by atoms with Crippen LogP contribution in [0.25, 0.3) is 0 Å². The fourth-order valence-corrected chi connectivity index (χ4v) is 2.66. The average Bonchev–Trinajstić information content (AvgIpc) is 2.67. The van der Waals surface area contributed by atoms with Crippen molar-refractivity contribution in [2.24, 2.45) is 11.8 Å². The molecule has 2 aliphatic heterocycles. The molecule has 2 heterocycles. The molecule has 4 heteroatoms. The standard InChI is InChI=1S/C11H20N2O2/c1-8-2-4-13(5-3-8)10-7-12-6-9(10)11(14)15/h8-10,12H,2-7H2,1H3,(H,14,15). The number of hydrogen-bond acceptors (Lipinski definition) is 3. The van der Waals surface area contributed by atoms with E-state index in [1.807, 2.05) is 0 Å². The highest BCUT2D eigenvalue weighted by Gasteiger charge is 2.37. The molecule has 2 rings (SSSR count). The van der Waals surface area contributed by atoms with E-state index < -0.39 is 5.97 Å². The first kappa shape index (κ1) is 10.9. The lowest BCUT2D eigenvalue weighted by atomic mass is 9.95. The van der Waals surface area contributed by atoms with E-state index in [9.17, 15) is 4.79 Å². The number of likely N-dealkylation sites (tertiary alicyclic amines) is 1. The molecule has 86 valence electrons. The molecular formula is C11H20N2O2. The van der Waals surface area contributed by atoms with Crippen LogP contribution in [0.5, 0.6) is 0 Å². The van der Waals surface area contributed by atoms with Gasteiger partial charge in [0.15, 0.2) is 0 Å². The van der Waals surface area contributed by atoms with E-state index in [2.05, 4.69) is 17.1 Å². The lowest BCUT2D eigenvalue weighted by Crippen LogP contribution is -2.46. The van der Waals surface area contributed by atoms with Crippen LogP contribution in [0.3, 0.4) is 0 Å². The summed E-state index contributed by atoms with van der Waals surface area (Å²) in [5.74, 6) is -0.0547. The van der Waals surface area contributed by atoms with Gasteiger partial charge in [0.1, 0.15) is 0 Å². The molecule has 0 saturated carbocycles. The van der Waals surface area contributed by atoms with Crippen LogP contribution in [0.1, 0.15) is 19.8 Å². The maximum Gasteiger partial charge on any atom is 0.309 e. The van der Waals surface area contributed by atoms with Gasteiger partial charge in [-0.15, -0.1) is 0 Å². The Morgan fingerprint density at radius 2 is 2.00 bits per heavy atom. The highest BCUT2D eigenvalue weighted by molar-refractivity contribution is 5.71. The van der Waals surface area contributed by atoms with Crippen molar-refractivity contribution in [1.82, 2.24) is 10.2 Å². The molecule has 15 heavy (non-hydrogen) atoms. The second-order valence-corrected chi connectivity index (χ2v) is 4.89. The summed E-state index contributed by atoms with van der Waals surface area (Å²) in [6, 6.07) is 0.218. The molecule has 0 radical (unpaired) electrons. The number of hydrogen-bond donors (Lipinski definition) is 2. The minimum atomic E-state index is -0.649. The first-order valence-corrected chi connectivity index (χ1v) is 5.86. The first-order valence-electron chi connectivity index (χ1n) is 5.86. The van der Waals surface area contributed by atoms with Gasteiger partial charge in [0.05, 0.1) is 5.92 Å². The molecule has 0 aromatic carbocycles. The molecule has 0 aliphatic carbocycles. The normalized spacial score (nSPS) is 34.5. The van der Waals surface area contributed by atoms with Gasteiger partial charge in [-0.25, -0.2) is 0 Å². The van der Waals surface area contributed by atoms with Crippen molar-refractivity contribution in [2.45, 2.75) is 25.8 Å². The topological polar surface area (TPSA) is 52.6 Å². The van der Waals surface area contributed by atoms with Crippen LogP contribution >= 0.6 is 0 Å². The largest absolute Gasteiger partial charge is 0.481 e. The third-order valence-electron chi connectivity index (χ3n) is 3.79. The van der Waals surface area contributed by atoms with Crippen molar-refractivity contribution in [3.8, 4) is 0 Å². The summed E-state index contributed by atoms with van der Waals surface area (Å²) in [7, 11) is 0. The van der Waals surface area contributed by atoms with Gasteiger partial charge >= 0.3 is 5.97 Å². The van der Waals surface area contributed by atoms with Crippen molar-refractivity contribution < 1.29 is 9.90 Å². The predicted molar refractivity (Wildman–Crippen MR) is 57.8 cm³/mol. The van der Waals surface area contributed by atoms with Crippen LogP contribution in [0.15, 0.2) is 0 Å². The van der Waals surface area contributed by atoms with Gasteiger partial charge in [0, 0.05) is 19.1 Å². The summed E-state index contributed by atoms with van der Waals surface area (Å²) in [5.41, 5.74) is 0. The van der Waals surface area contributed by atoms with Crippen LogP contribution in [-0.2, 0) is 4.79 Å². The number of carbonyl (C=O) groups is 1. The predicted octanol–water partition coefficient (Wildman–Crippen LogP) is 0.391. The summed E-state index contributed by atoms with van der Waals surface area (Å²) in [6.45, 7) is 5.88. The average molecular weight is 212 g/mol. The summed E-state index contributed by atoms with van der Waals surface area (Å²) in [4.78, 5) is 13.4. The second kappa shape index (κ2) is 4.49. The van der Waals surface area contributed by atoms with E-state index in [1.165, 1.54) is 12.8 Å². The highest BCUT2D eigenvalue weighted by atomic mass is 16.4. The smallest absolute Gasteiger partial charge is 0.309 e. The molecule has 2 fully saturated rings. The second-order valence-electron chi connectivity index (χ2n) is 4.89. The molecule has 2 N–H and O–H groups in total. The number of aliphatic carboxylic acids is 1. The molecule has 2 saturated heterocycles. The van der Waals surface area contributed by atoms with Crippen LogP contribution in [0.2, 0.25) is 0 Å². The highest BCUT2D eigenvalue weighted by Crippen LogP contribution is 2.23. The molecule has 0 spiro atoms. The van der Waals surface area contributed by atoms with E-state index in [0.717, 1.165) is 25.6 Å². The Hall–Kier alpha value is -0.610. The van der Waals surface area contributed by atoms with Crippen molar-refractivity contribution in [3.05, 3.63) is 0 Å². The molecule has 2 atom stereocenters. The van der Waals surface area contributed by atoms with Gasteiger partial charge in [-0.3, -0.25) is 9.69 Å². The number of piperidine rings is 1. The van der Waals surface area contributed by atoms with Crippen molar-refractivity contribution in [2.75, 3.05) is 26.2 Å². The maximum absolute atomic E-state index is 11.1. The number of carboxylic acids is 1. The van der Waals surface area contributed by atoms with Crippen LogP contribution in [0.4, 0.5) is 0 Å². The number of nitrogens with one attached hydrogen (secondary N) is 1. The Labute approximate surface area is 90.6 Å². The Morgan fingerprint density at radius 1 is 1.33 bits per heavy atom. The van der Waals surface area contributed by atoms with Gasteiger partial charge in [0.2, 0.25) is 0 Å². The van der Waals surface area contributed by atoms with E-state index in [4.69, 9.17) is 5.11 Å². The zero-order valence-electron chi connectivity index (χ0n) is 9.28. The molecule has 0 aromatic heterocycles. The summed E-state index contributed by atoms with van der Waals surface area (Å²) < 4.78 is 0. The summed E-state index contributed by atoms with van der Waals surface area (Å²) in [6.07, 6.45) is 2.42. The van der Waals surface area contributed by atoms with E-state index in [1.54, 1.807) is 0 Å². The lowest BCUT2D eigenvalue weighted by Gasteiger charge is -2.36. The fourth-order valence-electron chi connectivity index (χ4n) is 2.66. The SMILES string of the molecule is CC1CCN(C2CNCC2C(=O)O)CC1. The summed E-state index contributed by atoms with van der Waals surface area (Å²) in [5, 5.41) is 12.3. The van der Waals surface area contributed by atoms with Crippen LogP contribution in [-0.4, -0.2) is 48.2 Å². The molecule has 2 aliphatic rings. The zero-order valence-corrected chi connectivity index (χ0v) is 9.28. The van der Waals surface area contributed by atoms with Gasteiger partial charge in [0.25, 0.3) is 0 Å². The quantitative estimate of drug-likeness (QED) is 0.695. The third-order valence-corrected chi connectivity index (χ3v) is 3.79. The van der Waals surface area contributed by atoms with Crippen molar-refractivity contribution in [1.29, 1.82) is 0 Å². The van der Waals surface area contributed by atoms with E-state index >= 15 is 0 Å². The van der Waals surface area contributed by atoms with Gasteiger partial charge in [-0.05, 0) is 31.8 Å². The molecule has 2 unspecified atom stereocenters. The minimum absolute atomic E-state index is 0.210. The molecule has 4 nitrogen and oxygen atoms in total. The Morgan fingerprint density at radius 3 is 2.60 bits per heavy atom. The third kappa shape index (κ3) is 2.32. The van der Waals surface area contributed by atoms with Crippen molar-refractivity contribution >= 4 is 5.97 Å². The van der Waals surface area contributed by atoms with Crippen LogP contribution < -0.4 is 5.32 Å². The Balaban J connectivity index is 1.94. The monoisotopic (exact) mass is 212 g/mol. The van der Waals surface area contributed by atoms with Gasteiger partial charge in [-0.1, -0.05) is 6.92 Å². The van der Waals surface area contributed by atoms with E-state index in [-0.39, 0.29) is 12.0 Å². The zero-order chi connectivity index (χ0) is 10.8. The maximum atomic E-state index is 11.1. The van der Waals surface area contributed by atoms with Crippen LogP contribution in [0, 0.1) is 11.8 Å². The molecule has 0 bridgehead atoms. The Kier molecular flexibility index (Phi) is 3.26. The number of rotatable bonds is 2. The molecule has 0 aromatic rings. The number of nitrogens with zero attached hydrogens (tertiary/aromatic N) is 1. The minimum Gasteiger partial charge on any atom is -0.481 e.